The van der Waals surface area contributed by atoms with Crippen LogP contribution in [0.5, 0.6) is 0 Å². The van der Waals surface area contributed by atoms with Crippen molar-refractivity contribution < 1.29 is 5.21 Å². The molecule has 0 radical (unpaired) electrons. The monoisotopic (exact) mass is 257 g/mol. The van der Waals surface area contributed by atoms with E-state index in [0.29, 0.717) is 16.2 Å². The lowest BCUT2D eigenvalue weighted by atomic mass is 10.1. The highest BCUT2D eigenvalue weighted by atomic mass is 35.5. The minimum Gasteiger partial charge on any atom is -0.411 e. The number of halogens is 1. The molecule has 0 saturated carbocycles. The minimum atomic E-state index is 0.494. The van der Waals surface area contributed by atoms with Crippen molar-refractivity contribution in [2.24, 2.45) is 5.16 Å². The number of aromatic nitrogens is 2. The number of hydrogen-bond donors (Lipinski definition) is 1. The van der Waals surface area contributed by atoms with E-state index in [4.69, 9.17) is 16.8 Å². The summed E-state index contributed by atoms with van der Waals surface area (Å²) in [5.74, 6) is 0. The normalized spacial score (nSPS) is 11.6. The summed E-state index contributed by atoms with van der Waals surface area (Å²) in [5.41, 5.74) is 1.98. The van der Waals surface area contributed by atoms with Crippen LogP contribution in [0.25, 0.3) is 21.8 Å². The van der Waals surface area contributed by atoms with Crippen molar-refractivity contribution in [3.8, 4) is 0 Å². The average Bonchev–Trinajstić information content (AvgIpc) is 2.39. The highest BCUT2D eigenvalue weighted by Gasteiger charge is 2.07. The van der Waals surface area contributed by atoms with Crippen LogP contribution < -0.4 is 0 Å². The number of nitrogens with zero attached hydrogens (tertiary/aromatic N) is 3. The Balaban J connectivity index is 2.47. The number of pyridine rings is 2. The third kappa shape index (κ3) is 1.67. The van der Waals surface area contributed by atoms with Crippen molar-refractivity contribution in [3.05, 3.63) is 47.2 Å². The molecular weight excluding hydrogens is 250 g/mol. The first-order chi connectivity index (χ1) is 8.79. The lowest BCUT2D eigenvalue weighted by Gasteiger charge is -2.04. The van der Waals surface area contributed by atoms with Crippen LogP contribution in [-0.2, 0) is 0 Å². The first-order valence-corrected chi connectivity index (χ1v) is 5.69. The second-order valence-electron chi connectivity index (χ2n) is 3.81. The Morgan fingerprint density at radius 2 is 2.11 bits per heavy atom. The Kier molecular flexibility index (Phi) is 2.57. The van der Waals surface area contributed by atoms with Crippen LogP contribution in [0, 0.1) is 0 Å². The van der Waals surface area contributed by atoms with Crippen LogP contribution in [0.1, 0.15) is 5.69 Å². The van der Waals surface area contributed by atoms with E-state index < -0.39 is 0 Å². The summed E-state index contributed by atoms with van der Waals surface area (Å²) in [5, 5.41) is 13.9. The summed E-state index contributed by atoms with van der Waals surface area (Å²) >= 11 is 6.19. The molecular formula is C13H8ClN3O. The smallest absolute Gasteiger partial charge is 0.0987 e. The zero-order valence-corrected chi connectivity index (χ0v) is 9.96. The molecule has 1 N–H and O–H groups in total. The molecule has 0 spiro atoms. The molecule has 0 bridgehead atoms. The second-order valence-corrected chi connectivity index (χ2v) is 4.22. The lowest BCUT2D eigenvalue weighted by molar-refractivity contribution is 0.321. The molecule has 0 aliphatic rings. The first kappa shape index (κ1) is 10.9. The maximum atomic E-state index is 8.57. The highest BCUT2D eigenvalue weighted by molar-refractivity contribution is 6.36. The van der Waals surface area contributed by atoms with Crippen molar-refractivity contribution in [3.63, 3.8) is 0 Å². The molecule has 0 atom stereocenters. The molecule has 0 fully saturated rings. The topological polar surface area (TPSA) is 58.4 Å². The van der Waals surface area contributed by atoms with Gasteiger partial charge in [0.2, 0.25) is 0 Å². The average molecular weight is 258 g/mol. The van der Waals surface area contributed by atoms with Gasteiger partial charge in [-0.05, 0) is 12.1 Å². The third-order valence-electron chi connectivity index (χ3n) is 2.71. The molecule has 0 aliphatic heterocycles. The van der Waals surface area contributed by atoms with Crippen molar-refractivity contribution in [1.82, 2.24) is 9.97 Å². The summed E-state index contributed by atoms with van der Waals surface area (Å²) in [6.07, 6.45) is 2.96. The van der Waals surface area contributed by atoms with Gasteiger partial charge in [-0.3, -0.25) is 4.98 Å². The summed E-state index contributed by atoms with van der Waals surface area (Å²) in [6.45, 7) is 0. The molecule has 3 rings (SSSR count). The molecule has 88 valence electrons. The van der Waals surface area contributed by atoms with E-state index in [1.54, 1.807) is 12.3 Å². The quantitative estimate of drug-likeness (QED) is 0.315. The maximum absolute atomic E-state index is 8.57. The predicted octanol–water partition coefficient (Wildman–Crippen LogP) is 3.24. The molecule has 5 heteroatoms. The highest BCUT2D eigenvalue weighted by Crippen LogP contribution is 2.27. The Bertz CT molecular complexity index is 771. The standard InChI is InChI=1S/C13H8ClN3O/c14-11-6-9(7-16-18)17-13-10(11)4-3-8-2-1-5-15-12(8)13/h1-7,18H/b16-7+. The van der Waals surface area contributed by atoms with Crippen LogP contribution in [0.2, 0.25) is 5.02 Å². The van der Waals surface area contributed by atoms with Crippen LogP contribution in [0.4, 0.5) is 0 Å². The Labute approximate surface area is 108 Å². The fourth-order valence-electron chi connectivity index (χ4n) is 1.93. The van der Waals surface area contributed by atoms with E-state index >= 15 is 0 Å². The number of benzene rings is 1. The molecule has 0 unspecified atom stereocenters. The van der Waals surface area contributed by atoms with Crippen LogP contribution >= 0.6 is 11.6 Å². The summed E-state index contributed by atoms with van der Waals surface area (Å²) < 4.78 is 0. The molecule has 0 aliphatic carbocycles. The van der Waals surface area contributed by atoms with Gasteiger partial charge < -0.3 is 5.21 Å². The molecule has 18 heavy (non-hydrogen) atoms. The van der Waals surface area contributed by atoms with Gasteiger partial charge in [0.05, 0.1) is 28.0 Å². The summed E-state index contributed by atoms with van der Waals surface area (Å²) in [6, 6.07) is 9.35. The number of oxime groups is 1. The van der Waals surface area contributed by atoms with Gasteiger partial charge in [0.25, 0.3) is 0 Å². The van der Waals surface area contributed by atoms with Gasteiger partial charge in [-0.15, -0.1) is 0 Å². The van der Waals surface area contributed by atoms with E-state index in [1.165, 1.54) is 6.21 Å². The Hall–Kier alpha value is -2.20. The summed E-state index contributed by atoms with van der Waals surface area (Å²) in [4.78, 5) is 8.72. The van der Waals surface area contributed by atoms with E-state index in [0.717, 1.165) is 16.3 Å². The van der Waals surface area contributed by atoms with Gasteiger partial charge >= 0.3 is 0 Å². The SMILES string of the molecule is O/N=C/c1cc(Cl)c2ccc3cccnc3c2n1. The second kappa shape index (κ2) is 4.23. The Morgan fingerprint density at radius 1 is 1.22 bits per heavy atom. The molecule has 0 saturated heterocycles. The lowest BCUT2D eigenvalue weighted by Crippen LogP contribution is -1.92. The zero-order chi connectivity index (χ0) is 12.5. The fourth-order valence-corrected chi connectivity index (χ4v) is 2.19. The van der Waals surface area contributed by atoms with Crippen molar-refractivity contribution in [2.75, 3.05) is 0 Å². The number of rotatable bonds is 1. The molecule has 0 amide bonds. The van der Waals surface area contributed by atoms with Gasteiger partial charge in [0.15, 0.2) is 0 Å². The van der Waals surface area contributed by atoms with Gasteiger partial charge in [-0.1, -0.05) is 35.0 Å². The minimum absolute atomic E-state index is 0.494. The van der Waals surface area contributed by atoms with Gasteiger partial charge in [-0.25, -0.2) is 4.98 Å². The van der Waals surface area contributed by atoms with Crippen molar-refractivity contribution >= 4 is 39.6 Å². The molecule has 2 aromatic heterocycles. The number of fused-ring (bicyclic) bond motifs is 3. The molecule has 1 aromatic carbocycles. The van der Waals surface area contributed by atoms with Gasteiger partial charge in [0.1, 0.15) is 0 Å². The number of hydrogen-bond acceptors (Lipinski definition) is 4. The van der Waals surface area contributed by atoms with E-state index in [1.807, 2.05) is 24.3 Å². The van der Waals surface area contributed by atoms with E-state index in [9.17, 15) is 0 Å². The van der Waals surface area contributed by atoms with Crippen molar-refractivity contribution in [2.45, 2.75) is 0 Å². The van der Waals surface area contributed by atoms with Crippen LogP contribution in [0.3, 0.4) is 0 Å². The van der Waals surface area contributed by atoms with Crippen LogP contribution in [0.15, 0.2) is 41.7 Å². The predicted molar refractivity (Wildman–Crippen MR) is 71.4 cm³/mol. The molecule has 4 nitrogen and oxygen atoms in total. The zero-order valence-electron chi connectivity index (χ0n) is 9.21. The van der Waals surface area contributed by atoms with Crippen LogP contribution in [-0.4, -0.2) is 21.4 Å². The molecule has 3 aromatic rings. The van der Waals surface area contributed by atoms with E-state index in [2.05, 4.69) is 15.1 Å². The Morgan fingerprint density at radius 3 is 2.94 bits per heavy atom. The fraction of sp³-hybridized carbons (Fsp3) is 0. The van der Waals surface area contributed by atoms with E-state index in [-0.39, 0.29) is 0 Å². The van der Waals surface area contributed by atoms with Gasteiger partial charge in [-0.2, -0.15) is 0 Å². The van der Waals surface area contributed by atoms with Crippen molar-refractivity contribution in [1.29, 1.82) is 0 Å². The first-order valence-electron chi connectivity index (χ1n) is 5.31. The van der Waals surface area contributed by atoms with Gasteiger partial charge in [0, 0.05) is 17.0 Å². The third-order valence-corrected chi connectivity index (χ3v) is 3.02. The molecule has 2 heterocycles. The largest absolute Gasteiger partial charge is 0.411 e. The summed E-state index contributed by atoms with van der Waals surface area (Å²) in [7, 11) is 0. The maximum Gasteiger partial charge on any atom is 0.0987 e.